The molecule has 0 amide bonds. The third kappa shape index (κ3) is 4.94. The first kappa shape index (κ1) is 19.2. The highest BCUT2D eigenvalue weighted by molar-refractivity contribution is 9.10. The molecule has 10 nitrogen and oxygen atoms in total. The lowest BCUT2D eigenvalue weighted by Gasteiger charge is -2.18. The smallest absolute Gasteiger partial charge is 0.330 e. The van der Waals surface area contributed by atoms with Gasteiger partial charge in [-0.2, -0.15) is 5.26 Å². The second kappa shape index (κ2) is 8.82. The van der Waals surface area contributed by atoms with Crippen LogP contribution in [-0.4, -0.2) is 40.1 Å². The van der Waals surface area contributed by atoms with Crippen molar-refractivity contribution >= 4 is 24.5 Å². The van der Waals surface area contributed by atoms with Crippen molar-refractivity contribution in [1.29, 1.82) is 5.26 Å². The van der Waals surface area contributed by atoms with Gasteiger partial charge in [-0.3, -0.25) is 19.8 Å². The maximum Gasteiger partial charge on any atom is 0.330 e. The number of aromatic amines is 1. The second-order valence-electron chi connectivity index (χ2n) is 4.90. The van der Waals surface area contributed by atoms with Crippen LogP contribution in [0.5, 0.6) is 0 Å². The number of nitrogens with two attached hydrogens (primary N) is 1. The van der Waals surface area contributed by atoms with Crippen molar-refractivity contribution in [3.05, 3.63) is 31.5 Å². The molecule has 0 spiro atoms. The number of aliphatic hydroxyl groups is 1. The molecule has 4 atom stereocenters. The third-order valence-corrected chi connectivity index (χ3v) is 4.64. The Morgan fingerprint density at radius 1 is 1.58 bits per heavy atom. The van der Waals surface area contributed by atoms with Crippen LogP contribution in [-0.2, 0) is 13.8 Å². The number of H-pyrrole nitrogens is 1. The van der Waals surface area contributed by atoms with E-state index in [0.717, 1.165) is 0 Å². The summed E-state index contributed by atoms with van der Waals surface area (Å²) in [5, 5.41) is 18.4. The molecule has 1 aliphatic rings. The second-order valence-corrected chi connectivity index (χ2v) is 6.84. The molecule has 0 aromatic carbocycles. The summed E-state index contributed by atoms with van der Waals surface area (Å²) in [6.45, 7) is 0.141. The van der Waals surface area contributed by atoms with Gasteiger partial charge in [-0.25, -0.2) is 4.79 Å². The van der Waals surface area contributed by atoms with Crippen LogP contribution in [0.1, 0.15) is 19.1 Å². The zero-order valence-electron chi connectivity index (χ0n) is 12.4. The van der Waals surface area contributed by atoms with Gasteiger partial charge >= 0.3 is 5.69 Å². The number of halogens is 1. The fourth-order valence-corrected chi connectivity index (χ4v) is 3.04. The summed E-state index contributed by atoms with van der Waals surface area (Å²) < 4.78 is 17.3. The Hall–Kier alpha value is -1.12. The summed E-state index contributed by atoms with van der Waals surface area (Å²) in [6.07, 6.45) is -0.630. The summed E-state index contributed by atoms with van der Waals surface area (Å²) in [4.78, 5) is 25.3. The Labute approximate surface area is 146 Å². The molecule has 24 heavy (non-hydrogen) atoms. The van der Waals surface area contributed by atoms with E-state index in [2.05, 4.69) is 20.9 Å². The maximum absolute atomic E-state index is 11.8. The highest BCUT2D eigenvalue weighted by atomic mass is 79.9. The lowest BCUT2D eigenvalue weighted by Crippen LogP contribution is -2.32. The van der Waals surface area contributed by atoms with Crippen molar-refractivity contribution in [2.24, 2.45) is 5.50 Å². The number of rotatable bonds is 7. The van der Waals surface area contributed by atoms with E-state index >= 15 is 0 Å². The van der Waals surface area contributed by atoms with Crippen molar-refractivity contribution in [3.8, 4) is 6.07 Å². The molecule has 1 saturated heterocycles. The molecular weight excluding hydrogens is 407 g/mol. The lowest BCUT2D eigenvalue weighted by atomic mass is 10.2. The van der Waals surface area contributed by atoms with Crippen LogP contribution in [0.15, 0.2) is 20.3 Å². The standard InChI is InChI=1S/C12H16BrN4O6P/c13-7-5-17(12(20)16-11(7)19)10-4-8(18)9(23-10)6-22-24(15)21-3-1-2-14/h5,8-10,18H,1,3-4,6,15H2,(H,16,19,20)/t8-,9+,10+,24?/m0/s1. The molecular formula is C12H16BrN4O6P. The molecule has 2 rings (SSSR count). The third-order valence-electron chi connectivity index (χ3n) is 3.24. The van der Waals surface area contributed by atoms with E-state index in [0.29, 0.717) is 0 Å². The van der Waals surface area contributed by atoms with Gasteiger partial charge in [0.15, 0.2) is 0 Å². The predicted octanol–water partition coefficient (Wildman–Crippen LogP) is 0.0800. The van der Waals surface area contributed by atoms with E-state index in [1.807, 2.05) is 6.07 Å². The van der Waals surface area contributed by atoms with Gasteiger partial charge in [-0.05, 0) is 15.9 Å². The normalized spacial score (nSPS) is 24.7. The van der Waals surface area contributed by atoms with Gasteiger partial charge in [0.05, 0.1) is 36.3 Å². The Kier molecular flexibility index (Phi) is 7.06. The molecule has 0 bridgehead atoms. The van der Waals surface area contributed by atoms with Gasteiger partial charge in [-0.15, -0.1) is 0 Å². The number of nitrogens with one attached hydrogen (secondary N) is 1. The zero-order chi connectivity index (χ0) is 17.7. The molecule has 1 aliphatic heterocycles. The largest absolute Gasteiger partial charge is 0.390 e. The minimum Gasteiger partial charge on any atom is -0.390 e. The summed E-state index contributed by atoms with van der Waals surface area (Å²) in [6, 6.07) is 1.91. The SMILES string of the molecule is N#CCCOP(N)OC[C@H]1O[C@@H](n2cc(Br)c(=O)[nH]c2=O)C[C@@H]1O. The average Bonchev–Trinajstić information content (AvgIpc) is 2.90. The number of hydrogen-bond acceptors (Lipinski definition) is 8. The summed E-state index contributed by atoms with van der Waals surface area (Å²) >= 11 is 3.04. The summed E-state index contributed by atoms with van der Waals surface area (Å²) in [7, 11) is -1.68. The molecule has 132 valence electrons. The molecule has 0 radical (unpaired) electrons. The highest BCUT2D eigenvalue weighted by Gasteiger charge is 2.36. The van der Waals surface area contributed by atoms with Crippen molar-refractivity contribution in [3.63, 3.8) is 0 Å². The first-order valence-corrected chi connectivity index (χ1v) is 8.98. The Balaban J connectivity index is 1.93. The Bertz CT molecular complexity index is 719. The Morgan fingerprint density at radius 3 is 3.04 bits per heavy atom. The van der Waals surface area contributed by atoms with Crippen molar-refractivity contribution in [2.45, 2.75) is 31.3 Å². The molecule has 0 saturated carbocycles. The fraction of sp³-hybridized carbons (Fsp3) is 0.583. The predicted molar refractivity (Wildman–Crippen MR) is 86.8 cm³/mol. The van der Waals surface area contributed by atoms with Crippen molar-refractivity contribution in [1.82, 2.24) is 9.55 Å². The monoisotopic (exact) mass is 422 g/mol. The van der Waals surface area contributed by atoms with Crippen LogP contribution in [0.2, 0.25) is 0 Å². The van der Waals surface area contributed by atoms with Gasteiger partial charge in [-0.1, -0.05) is 0 Å². The van der Waals surface area contributed by atoms with E-state index in [9.17, 15) is 14.7 Å². The van der Waals surface area contributed by atoms with Gasteiger partial charge in [0, 0.05) is 12.6 Å². The Morgan fingerprint density at radius 2 is 2.33 bits per heavy atom. The molecule has 1 aromatic rings. The maximum atomic E-state index is 11.8. The van der Waals surface area contributed by atoms with Crippen LogP contribution in [0, 0.1) is 11.3 Å². The summed E-state index contributed by atoms with van der Waals surface area (Å²) in [5.74, 6) is 0. The van der Waals surface area contributed by atoms with E-state index in [1.54, 1.807) is 0 Å². The van der Waals surface area contributed by atoms with Crippen LogP contribution in [0.4, 0.5) is 0 Å². The lowest BCUT2D eigenvalue weighted by molar-refractivity contribution is -0.0413. The van der Waals surface area contributed by atoms with Crippen LogP contribution >= 0.6 is 24.5 Å². The van der Waals surface area contributed by atoms with Gasteiger partial charge in [0.2, 0.25) is 0 Å². The topological polar surface area (TPSA) is 153 Å². The van der Waals surface area contributed by atoms with Crippen LogP contribution < -0.4 is 16.8 Å². The van der Waals surface area contributed by atoms with E-state index < -0.39 is 38.2 Å². The fourth-order valence-electron chi connectivity index (χ4n) is 2.08. The minimum atomic E-state index is -1.68. The number of nitrogens with zero attached hydrogens (tertiary/aromatic N) is 2. The number of hydrogen-bond donors (Lipinski definition) is 3. The van der Waals surface area contributed by atoms with E-state index in [-0.39, 0.29) is 30.5 Å². The van der Waals surface area contributed by atoms with Gasteiger partial charge in [0.1, 0.15) is 12.3 Å². The number of aromatic nitrogens is 2. The summed E-state index contributed by atoms with van der Waals surface area (Å²) in [5.41, 5.74) is 4.44. The molecule has 0 aliphatic carbocycles. The molecule has 1 aromatic heterocycles. The van der Waals surface area contributed by atoms with E-state index in [1.165, 1.54) is 10.8 Å². The molecule has 12 heteroatoms. The molecule has 1 unspecified atom stereocenters. The number of nitriles is 1. The molecule has 1 fully saturated rings. The van der Waals surface area contributed by atoms with Crippen molar-refractivity contribution < 1.29 is 18.9 Å². The van der Waals surface area contributed by atoms with E-state index in [4.69, 9.17) is 24.6 Å². The number of ether oxygens (including phenoxy) is 1. The average molecular weight is 423 g/mol. The minimum absolute atomic E-state index is 0.0221. The zero-order valence-corrected chi connectivity index (χ0v) is 14.9. The molecule has 4 N–H and O–H groups in total. The highest BCUT2D eigenvalue weighted by Crippen LogP contribution is 2.33. The van der Waals surface area contributed by atoms with Gasteiger partial charge in [0.25, 0.3) is 14.1 Å². The van der Waals surface area contributed by atoms with Gasteiger partial charge < -0.3 is 18.9 Å². The first-order valence-electron chi connectivity index (χ1n) is 6.94. The quantitative estimate of drug-likeness (QED) is 0.412. The van der Waals surface area contributed by atoms with Crippen molar-refractivity contribution in [2.75, 3.05) is 13.2 Å². The first-order chi connectivity index (χ1) is 11.4. The molecule has 2 heterocycles. The van der Waals surface area contributed by atoms with Crippen LogP contribution in [0.3, 0.4) is 0 Å². The number of aliphatic hydroxyl groups excluding tert-OH is 1. The van der Waals surface area contributed by atoms with Crippen LogP contribution in [0.25, 0.3) is 0 Å².